The molecule has 0 saturated heterocycles. The summed E-state index contributed by atoms with van der Waals surface area (Å²) in [4.78, 5) is 23.0. The lowest BCUT2D eigenvalue weighted by Crippen LogP contribution is -2.44. The summed E-state index contributed by atoms with van der Waals surface area (Å²) in [6.07, 6.45) is 1.25. The molecule has 92 valence electrons. The second-order valence-electron chi connectivity index (χ2n) is 3.70. The second kappa shape index (κ2) is 4.37. The Balaban J connectivity index is 2.74. The largest absolute Gasteiger partial charge is 0.480 e. The zero-order valence-electron chi connectivity index (χ0n) is 9.24. The molecule has 0 spiro atoms. The van der Waals surface area contributed by atoms with E-state index in [4.69, 9.17) is 4.42 Å². The summed E-state index contributed by atoms with van der Waals surface area (Å²) < 4.78 is 5.01. The predicted octanol–water partition coefficient (Wildman–Crippen LogP) is 1.73. The van der Waals surface area contributed by atoms with Crippen LogP contribution >= 0.6 is 0 Å². The molecule has 0 radical (unpaired) electrons. The highest BCUT2D eigenvalue weighted by Gasteiger charge is 2.52. The summed E-state index contributed by atoms with van der Waals surface area (Å²) in [6.45, 7) is 0. The highest BCUT2D eigenvalue weighted by Crippen LogP contribution is 2.33. The van der Waals surface area contributed by atoms with E-state index < -0.39 is 17.4 Å². The van der Waals surface area contributed by atoms with Crippen LogP contribution < -0.4 is 0 Å². The molecule has 2 N–H and O–H groups in total. The van der Waals surface area contributed by atoms with Gasteiger partial charge in [-0.25, -0.2) is 0 Å². The maximum absolute atomic E-state index is 11.5. The average Bonchev–Trinajstić information content (AvgIpc) is 2.84. The number of aliphatic carboxylic acids is 2. The van der Waals surface area contributed by atoms with Crippen molar-refractivity contribution in [3.8, 4) is 0 Å². The minimum absolute atomic E-state index is 0.131. The quantitative estimate of drug-likeness (QED) is 0.802. The molecule has 5 nitrogen and oxygen atoms in total. The predicted molar refractivity (Wildman–Crippen MR) is 61.2 cm³/mol. The first-order chi connectivity index (χ1) is 8.60. The van der Waals surface area contributed by atoms with E-state index in [2.05, 4.69) is 0 Å². The molecule has 18 heavy (non-hydrogen) atoms. The summed E-state index contributed by atoms with van der Waals surface area (Å²) in [5.41, 5.74) is -2.08. The monoisotopic (exact) mass is 246 g/mol. The molecule has 0 aliphatic heterocycles. The molecule has 0 atom stereocenters. The minimum atomic E-state index is -2.22. The van der Waals surface area contributed by atoms with Gasteiger partial charge in [0.1, 0.15) is 5.76 Å². The van der Waals surface area contributed by atoms with Gasteiger partial charge in [-0.2, -0.15) is 0 Å². The lowest BCUT2D eigenvalue weighted by Gasteiger charge is -2.22. The standard InChI is InChI=1S/C13H10O5/c14-11(15)13(12(16)17,10-7-4-8-18-10)9-5-2-1-3-6-9/h1-8H,(H,14,15)(H,16,17). The average molecular weight is 246 g/mol. The van der Waals surface area contributed by atoms with Crippen molar-refractivity contribution in [1.82, 2.24) is 0 Å². The van der Waals surface area contributed by atoms with Crippen molar-refractivity contribution in [3.63, 3.8) is 0 Å². The van der Waals surface area contributed by atoms with Gasteiger partial charge >= 0.3 is 11.9 Å². The first kappa shape index (κ1) is 11.9. The van der Waals surface area contributed by atoms with Crippen LogP contribution in [-0.4, -0.2) is 22.2 Å². The van der Waals surface area contributed by atoms with E-state index in [-0.39, 0.29) is 11.3 Å². The van der Waals surface area contributed by atoms with E-state index in [1.165, 1.54) is 30.5 Å². The number of rotatable bonds is 4. The number of hydrogen-bond donors (Lipinski definition) is 2. The van der Waals surface area contributed by atoms with E-state index in [1.807, 2.05) is 0 Å². The van der Waals surface area contributed by atoms with Gasteiger partial charge in [-0.15, -0.1) is 0 Å². The Hall–Kier alpha value is -2.56. The van der Waals surface area contributed by atoms with Crippen molar-refractivity contribution in [2.75, 3.05) is 0 Å². The Kier molecular flexibility index (Phi) is 2.89. The lowest BCUT2D eigenvalue weighted by molar-refractivity contribution is -0.156. The van der Waals surface area contributed by atoms with Gasteiger partial charge in [0, 0.05) is 0 Å². The third-order valence-electron chi connectivity index (χ3n) is 2.74. The molecule has 5 heteroatoms. The highest BCUT2D eigenvalue weighted by molar-refractivity contribution is 6.08. The fraction of sp³-hybridized carbons (Fsp3) is 0.0769. The molecule has 0 fully saturated rings. The van der Waals surface area contributed by atoms with Gasteiger partial charge in [0.2, 0.25) is 5.41 Å². The van der Waals surface area contributed by atoms with E-state index in [9.17, 15) is 19.8 Å². The third kappa shape index (κ3) is 1.57. The molecular formula is C13H10O5. The molecule has 0 unspecified atom stereocenters. The van der Waals surface area contributed by atoms with E-state index in [0.29, 0.717) is 0 Å². The summed E-state index contributed by atoms with van der Waals surface area (Å²) in [7, 11) is 0. The van der Waals surface area contributed by atoms with Crippen LogP contribution in [0.25, 0.3) is 0 Å². The number of carboxylic acid groups (broad SMARTS) is 2. The Morgan fingerprint density at radius 2 is 1.56 bits per heavy atom. The number of benzene rings is 1. The maximum atomic E-state index is 11.5. The lowest BCUT2D eigenvalue weighted by atomic mass is 9.78. The minimum Gasteiger partial charge on any atom is -0.480 e. The van der Waals surface area contributed by atoms with Crippen molar-refractivity contribution >= 4 is 11.9 Å². The van der Waals surface area contributed by atoms with Crippen molar-refractivity contribution < 1.29 is 24.2 Å². The van der Waals surface area contributed by atoms with Crippen LogP contribution in [0.4, 0.5) is 0 Å². The van der Waals surface area contributed by atoms with Crippen LogP contribution in [0.2, 0.25) is 0 Å². The molecule has 0 aliphatic rings. The number of carboxylic acids is 2. The van der Waals surface area contributed by atoms with Gasteiger partial charge in [-0.1, -0.05) is 30.3 Å². The van der Waals surface area contributed by atoms with E-state index in [0.717, 1.165) is 0 Å². The summed E-state index contributed by atoms with van der Waals surface area (Å²) in [5, 5.41) is 18.8. The van der Waals surface area contributed by atoms with Crippen LogP contribution in [-0.2, 0) is 15.0 Å². The van der Waals surface area contributed by atoms with Gasteiger partial charge in [-0.05, 0) is 17.7 Å². The van der Waals surface area contributed by atoms with Gasteiger partial charge in [-0.3, -0.25) is 9.59 Å². The molecule has 0 saturated carbocycles. The van der Waals surface area contributed by atoms with Gasteiger partial charge in [0.25, 0.3) is 0 Å². The number of hydrogen-bond acceptors (Lipinski definition) is 3. The second-order valence-corrected chi connectivity index (χ2v) is 3.70. The SMILES string of the molecule is O=C(O)C(C(=O)O)(c1ccccc1)c1ccco1. The Labute approximate surface area is 102 Å². The fourth-order valence-corrected chi connectivity index (χ4v) is 1.87. The topological polar surface area (TPSA) is 87.7 Å². The molecule has 0 aliphatic carbocycles. The van der Waals surface area contributed by atoms with Gasteiger partial charge in [0.15, 0.2) is 0 Å². The molecule has 1 heterocycles. The zero-order chi connectivity index (χ0) is 13.2. The normalized spacial score (nSPS) is 11.1. The van der Waals surface area contributed by atoms with Crippen molar-refractivity contribution in [2.45, 2.75) is 5.41 Å². The van der Waals surface area contributed by atoms with Crippen LogP contribution in [0.15, 0.2) is 53.1 Å². The summed E-state index contributed by atoms with van der Waals surface area (Å²) in [5.74, 6) is -3.11. The molecule has 0 bridgehead atoms. The number of furan rings is 1. The van der Waals surface area contributed by atoms with Crippen LogP contribution in [0.3, 0.4) is 0 Å². The van der Waals surface area contributed by atoms with Gasteiger partial charge < -0.3 is 14.6 Å². The molecule has 2 aromatic rings. The Bertz CT molecular complexity index is 542. The third-order valence-corrected chi connectivity index (χ3v) is 2.74. The maximum Gasteiger partial charge on any atom is 0.333 e. The molecule has 0 amide bonds. The first-order valence-electron chi connectivity index (χ1n) is 5.16. The van der Waals surface area contributed by atoms with Crippen molar-refractivity contribution in [3.05, 3.63) is 60.1 Å². The number of carbonyl (C=O) groups is 2. The van der Waals surface area contributed by atoms with Crippen molar-refractivity contribution in [2.24, 2.45) is 0 Å². The fourth-order valence-electron chi connectivity index (χ4n) is 1.87. The van der Waals surface area contributed by atoms with Gasteiger partial charge in [0.05, 0.1) is 6.26 Å². The van der Waals surface area contributed by atoms with Crippen molar-refractivity contribution in [1.29, 1.82) is 0 Å². The van der Waals surface area contributed by atoms with Crippen LogP contribution in [0.5, 0.6) is 0 Å². The Morgan fingerprint density at radius 1 is 0.944 bits per heavy atom. The summed E-state index contributed by atoms with van der Waals surface area (Å²) in [6, 6.07) is 10.5. The molecule has 2 rings (SSSR count). The van der Waals surface area contributed by atoms with Crippen LogP contribution in [0.1, 0.15) is 11.3 Å². The molecule has 1 aromatic heterocycles. The van der Waals surface area contributed by atoms with E-state index >= 15 is 0 Å². The smallest absolute Gasteiger partial charge is 0.333 e. The zero-order valence-corrected chi connectivity index (χ0v) is 9.24. The van der Waals surface area contributed by atoms with Crippen LogP contribution in [0, 0.1) is 0 Å². The Morgan fingerprint density at radius 3 is 2.00 bits per heavy atom. The molecule has 1 aromatic carbocycles. The summed E-state index contributed by atoms with van der Waals surface area (Å²) >= 11 is 0. The molecular weight excluding hydrogens is 236 g/mol. The highest BCUT2D eigenvalue weighted by atomic mass is 16.4. The van der Waals surface area contributed by atoms with E-state index in [1.54, 1.807) is 18.2 Å². The first-order valence-corrected chi connectivity index (χ1v) is 5.16.